The van der Waals surface area contributed by atoms with Crippen LogP contribution in [-0.2, 0) is 6.42 Å². The molecule has 1 aromatic rings. The Morgan fingerprint density at radius 1 is 1.53 bits per heavy atom. The lowest BCUT2D eigenvalue weighted by atomic mass is 10.1. The molecule has 0 aromatic carbocycles. The Morgan fingerprint density at radius 2 is 2.27 bits per heavy atom. The van der Waals surface area contributed by atoms with Gasteiger partial charge in [-0.2, -0.15) is 0 Å². The fraction of sp³-hybridized carbons (Fsp3) is 0.333. The number of aryl methyl sites for hydroxylation is 1. The van der Waals surface area contributed by atoms with Crippen LogP contribution in [0.1, 0.15) is 32.0 Å². The molecule has 2 N–H and O–H groups in total. The second kappa shape index (κ2) is 5.29. The van der Waals surface area contributed by atoms with Crippen LogP contribution in [0.25, 0.3) is 0 Å². The Hall–Kier alpha value is -1.64. The Balaban J connectivity index is 2.92. The molecule has 0 aliphatic rings. The molecule has 0 aliphatic heterocycles. The third-order valence-corrected chi connectivity index (χ3v) is 2.20. The number of aromatic nitrogens is 1. The summed E-state index contributed by atoms with van der Waals surface area (Å²) in [6.07, 6.45) is 4.56. The van der Waals surface area contributed by atoms with E-state index in [1.54, 1.807) is 6.08 Å². The average Bonchev–Trinajstić information content (AvgIpc) is 2.29. The van der Waals surface area contributed by atoms with Gasteiger partial charge >= 0.3 is 0 Å². The molecule has 0 saturated carbocycles. The Bertz CT molecular complexity index is 374. The molecule has 1 heterocycles. The standard InChI is InChI=1S/C12H17N3/c1-4-11-7-6-10(8-14-11)9(3)15-12(13)5-2/h5-8H,4,13H2,1-3H3/b12-5-,15-9+. The van der Waals surface area contributed by atoms with E-state index in [0.717, 1.165) is 23.4 Å². The van der Waals surface area contributed by atoms with Gasteiger partial charge in [0.1, 0.15) is 5.82 Å². The second-order valence-corrected chi connectivity index (χ2v) is 3.30. The van der Waals surface area contributed by atoms with Crippen LogP contribution in [0, 0.1) is 0 Å². The second-order valence-electron chi connectivity index (χ2n) is 3.30. The molecule has 80 valence electrons. The van der Waals surface area contributed by atoms with Gasteiger partial charge in [0, 0.05) is 23.2 Å². The number of aliphatic imine (C=N–C) groups is 1. The van der Waals surface area contributed by atoms with Gasteiger partial charge in [-0.05, 0) is 38.5 Å². The van der Waals surface area contributed by atoms with Crippen LogP contribution in [-0.4, -0.2) is 10.7 Å². The van der Waals surface area contributed by atoms with Crippen molar-refractivity contribution >= 4 is 5.71 Å². The molecule has 0 atom stereocenters. The van der Waals surface area contributed by atoms with E-state index in [4.69, 9.17) is 5.73 Å². The monoisotopic (exact) mass is 203 g/mol. The number of nitrogens with zero attached hydrogens (tertiary/aromatic N) is 2. The molecule has 0 aliphatic carbocycles. The first kappa shape index (κ1) is 11.4. The van der Waals surface area contributed by atoms with E-state index < -0.39 is 0 Å². The van der Waals surface area contributed by atoms with E-state index in [0.29, 0.717) is 5.82 Å². The van der Waals surface area contributed by atoms with Gasteiger partial charge in [0.15, 0.2) is 0 Å². The van der Waals surface area contributed by atoms with Crippen molar-refractivity contribution in [2.75, 3.05) is 0 Å². The summed E-state index contributed by atoms with van der Waals surface area (Å²) in [5, 5.41) is 0. The highest BCUT2D eigenvalue weighted by Crippen LogP contribution is 2.04. The molecular formula is C12H17N3. The fourth-order valence-electron chi connectivity index (χ4n) is 1.17. The van der Waals surface area contributed by atoms with Gasteiger partial charge in [0.05, 0.1) is 0 Å². The van der Waals surface area contributed by atoms with Crippen molar-refractivity contribution in [1.29, 1.82) is 0 Å². The van der Waals surface area contributed by atoms with Crippen LogP contribution in [0.3, 0.4) is 0 Å². The van der Waals surface area contributed by atoms with E-state index in [-0.39, 0.29) is 0 Å². The Morgan fingerprint density at radius 3 is 2.73 bits per heavy atom. The average molecular weight is 203 g/mol. The van der Waals surface area contributed by atoms with Crippen LogP contribution < -0.4 is 5.73 Å². The highest BCUT2D eigenvalue weighted by Gasteiger charge is 1.98. The van der Waals surface area contributed by atoms with Crippen molar-refractivity contribution in [3.63, 3.8) is 0 Å². The first-order valence-electron chi connectivity index (χ1n) is 5.09. The van der Waals surface area contributed by atoms with Gasteiger partial charge < -0.3 is 5.73 Å². The maximum atomic E-state index is 5.62. The molecule has 0 amide bonds. The summed E-state index contributed by atoms with van der Waals surface area (Å²) in [4.78, 5) is 8.55. The maximum Gasteiger partial charge on any atom is 0.119 e. The van der Waals surface area contributed by atoms with Crippen molar-refractivity contribution < 1.29 is 0 Å². The maximum absolute atomic E-state index is 5.62. The first-order chi connectivity index (χ1) is 7.17. The Kier molecular flexibility index (Phi) is 4.03. The molecule has 0 saturated heterocycles. The summed E-state index contributed by atoms with van der Waals surface area (Å²) in [6, 6.07) is 4.04. The summed E-state index contributed by atoms with van der Waals surface area (Å²) in [5.74, 6) is 0.534. The van der Waals surface area contributed by atoms with Crippen molar-refractivity contribution in [3.8, 4) is 0 Å². The Labute approximate surface area is 90.8 Å². The molecule has 3 nitrogen and oxygen atoms in total. The number of allylic oxidation sites excluding steroid dienone is 1. The lowest BCUT2D eigenvalue weighted by Gasteiger charge is -2.01. The zero-order chi connectivity index (χ0) is 11.3. The van der Waals surface area contributed by atoms with Gasteiger partial charge in [-0.1, -0.05) is 6.92 Å². The van der Waals surface area contributed by atoms with Crippen molar-refractivity contribution in [2.45, 2.75) is 27.2 Å². The van der Waals surface area contributed by atoms with E-state index in [2.05, 4.69) is 16.9 Å². The SMILES string of the molecule is C/C=C(N)\N=C(/C)c1ccc(CC)nc1. The minimum Gasteiger partial charge on any atom is -0.384 e. The summed E-state index contributed by atoms with van der Waals surface area (Å²) in [6.45, 7) is 5.88. The third-order valence-electron chi connectivity index (χ3n) is 2.20. The van der Waals surface area contributed by atoms with Gasteiger partial charge in [0.2, 0.25) is 0 Å². The number of hydrogen-bond acceptors (Lipinski definition) is 3. The highest BCUT2D eigenvalue weighted by atomic mass is 14.9. The molecule has 0 radical (unpaired) electrons. The molecular weight excluding hydrogens is 186 g/mol. The van der Waals surface area contributed by atoms with Crippen LogP contribution >= 0.6 is 0 Å². The normalized spacial score (nSPS) is 13.0. The van der Waals surface area contributed by atoms with Gasteiger partial charge in [-0.25, -0.2) is 4.99 Å². The summed E-state index contributed by atoms with van der Waals surface area (Å²) < 4.78 is 0. The van der Waals surface area contributed by atoms with E-state index in [1.165, 1.54) is 0 Å². The molecule has 0 spiro atoms. The molecule has 0 fully saturated rings. The molecule has 15 heavy (non-hydrogen) atoms. The van der Waals surface area contributed by atoms with Gasteiger partial charge in [-0.3, -0.25) is 4.98 Å². The van der Waals surface area contributed by atoms with Crippen LogP contribution in [0.4, 0.5) is 0 Å². The number of rotatable bonds is 3. The molecule has 1 aromatic heterocycles. The zero-order valence-electron chi connectivity index (χ0n) is 9.49. The minimum absolute atomic E-state index is 0.534. The molecule has 3 heteroatoms. The zero-order valence-corrected chi connectivity index (χ0v) is 9.49. The minimum atomic E-state index is 0.534. The van der Waals surface area contributed by atoms with Crippen LogP contribution in [0.2, 0.25) is 0 Å². The van der Waals surface area contributed by atoms with Gasteiger partial charge in [-0.15, -0.1) is 0 Å². The number of hydrogen-bond donors (Lipinski definition) is 1. The number of pyridine rings is 1. The summed E-state index contributed by atoms with van der Waals surface area (Å²) in [5.41, 5.74) is 8.61. The molecule has 0 unspecified atom stereocenters. The highest BCUT2D eigenvalue weighted by molar-refractivity contribution is 5.98. The van der Waals surface area contributed by atoms with Crippen molar-refractivity contribution in [3.05, 3.63) is 41.5 Å². The summed E-state index contributed by atoms with van der Waals surface area (Å²) in [7, 11) is 0. The topological polar surface area (TPSA) is 51.3 Å². The van der Waals surface area contributed by atoms with E-state index in [9.17, 15) is 0 Å². The molecule has 0 bridgehead atoms. The smallest absolute Gasteiger partial charge is 0.119 e. The van der Waals surface area contributed by atoms with Crippen molar-refractivity contribution in [1.82, 2.24) is 4.98 Å². The van der Waals surface area contributed by atoms with E-state index in [1.807, 2.05) is 32.2 Å². The largest absolute Gasteiger partial charge is 0.384 e. The van der Waals surface area contributed by atoms with Crippen molar-refractivity contribution in [2.24, 2.45) is 10.7 Å². The van der Waals surface area contributed by atoms with Crippen LogP contribution in [0.15, 0.2) is 35.2 Å². The van der Waals surface area contributed by atoms with Gasteiger partial charge in [0.25, 0.3) is 0 Å². The fourth-order valence-corrected chi connectivity index (χ4v) is 1.17. The predicted octanol–water partition coefficient (Wildman–Crippen LogP) is 2.27. The summed E-state index contributed by atoms with van der Waals surface area (Å²) >= 11 is 0. The predicted molar refractivity (Wildman–Crippen MR) is 63.8 cm³/mol. The third kappa shape index (κ3) is 3.20. The van der Waals surface area contributed by atoms with E-state index >= 15 is 0 Å². The lowest BCUT2D eigenvalue weighted by Crippen LogP contribution is -2.01. The molecule has 1 rings (SSSR count). The first-order valence-corrected chi connectivity index (χ1v) is 5.09. The van der Waals surface area contributed by atoms with Crippen LogP contribution in [0.5, 0.6) is 0 Å². The quantitative estimate of drug-likeness (QED) is 0.766. The number of nitrogens with two attached hydrogens (primary N) is 1. The lowest BCUT2D eigenvalue weighted by molar-refractivity contribution is 1.03.